The SMILES string of the molecule is O=C(Cc1c(F)cccc1F)Nc1cccc(-c2ccn[nH]2)c1. The second-order valence-corrected chi connectivity index (χ2v) is 4.98. The number of amides is 1. The quantitative estimate of drug-likeness (QED) is 0.774. The Morgan fingerprint density at radius 1 is 1.09 bits per heavy atom. The van der Waals surface area contributed by atoms with Crippen LogP contribution in [-0.2, 0) is 11.2 Å². The summed E-state index contributed by atoms with van der Waals surface area (Å²) in [7, 11) is 0. The smallest absolute Gasteiger partial charge is 0.229 e. The minimum Gasteiger partial charge on any atom is -0.326 e. The highest BCUT2D eigenvalue weighted by atomic mass is 19.1. The molecule has 1 aromatic heterocycles. The van der Waals surface area contributed by atoms with E-state index >= 15 is 0 Å². The lowest BCUT2D eigenvalue weighted by Gasteiger charge is -2.08. The molecule has 0 unspecified atom stereocenters. The van der Waals surface area contributed by atoms with Gasteiger partial charge in [-0.05, 0) is 30.3 Å². The first-order valence-corrected chi connectivity index (χ1v) is 6.96. The van der Waals surface area contributed by atoms with Crippen molar-refractivity contribution in [2.45, 2.75) is 6.42 Å². The van der Waals surface area contributed by atoms with Crippen LogP contribution in [0.1, 0.15) is 5.56 Å². The molecule has 0 fully saturated rings. The molecule has 116 valence electrons. The van der Waals surface area contributed by atoms with Crippen molar-refractivity contribution in [3.05, 3.63) is 71.9 Å². The van der Waals surface area contributed by atoms with E-state index in [4.69, 9.17) is 0 Å². The largest absolute Gasteiger partial charge is 0.326 e. The van der Waals surface area contributed by atoms with Crippen LogP contribution in [0.25, 0.3) is 11.3 Å². The Morgan fingerprint density at radius 3 is 2.52 bits per heavy atom. The van der Waals surface area contributed by atoms with Crippen molar-refractivity contribution in [3.63, 3.8) is 0 Å². The number of hydrogen-bond acceptors (Lipinski definition) is 2. The minimum atomic E-state index is -0.730. The van der Waals surface area contributed by atoms with Gasteiger partial charge in [-0.25, -0.2) is 8.78 Å². The molecule has 1 amide bonds. The molecule has 6 heteroatoms. The third-order valence-corrected chi connectivity index (χ3v) is 3.36. The Morgan fingerprint density at radius 2 is 1.83 bits per heavy atom. The molecule has 3 aromatic rings. The lowest BCUT2D eigenvalue weighted by molar-refractivity contribution is -0.115. The lowest BCUT2D eigenvalue weighted by Crippen LogP contribution is -2.16. The van der Waals surface area contributed by atoms with Gasteiger partial charge in [0.2, 0.25) is 5.91 Å². The molecule has 0 aliphatic carbocycles. The summed E-state index contributed by atoms with van der Waals surface area (Å²) in [6.45, 7) is 0. The van der Waals surface area contributed by atoms with Gasteiger partial charge in [0.15, 0.2) is 0 Å². The Labute approximate surface area is 131 Å². The van der Waals surface area contributed by atoms with Crippen LogP contribution in [0, 0.1) is 11.6 Å². The summed E-state index contributed by atoms with van der Waals surface area (Å²) < 4.78 is 27.1. The fourth-order valence-electron chi connectivity index (χ4n) is 2.25. The van der Waals surface area contributed by atoms with E-state index < -0.39 is 17.5 Å². The molecule has 3 rings (SSSR count). The third kappa shape index (κ3) is 3.42. The Bertz CT molecular complexity index is 811. The molecule has 0 bridgehead atoms. The van der Waals surface area contributed by atoms with Crippen LogP contribution < -0.4 is 5.32 Å². The number of carbonyl (C=O) groups is 1. The number of anilines is 1. The van der Waals surface area contributed by atoms with Crippen molar-refractivity contribution in [1.29, 1.82) is 0 Å². The fraction of sp³-hybridized carbons (Fsp3) is 0.0588. The molecule has 2 aromatic carbocycles. The minimum absolute atomic E-state index is 0.241. The van der Waals surface area contributed by atoms with Crippen molar-refractivity contribution < 1.29 is 13.6 Å². The van der Waals surface area contributed by atoms with E-state index in [1.807, 2.05) is 6.07 Å². The fourth-order valence-corrected chi connectivity index (χ4v) is 2.25. The van der Waals surface area contributed by atoms with Crippen LogP contribution in [0.3, 0.4) is 0 Å². The van der Waals surface area contributed by atoms with Gasteiger partial charge >= 0.3 is 0 Å². The molecule has 0 saturated carbocycles. The van der Waals surface area contributed by atoms with Gasteiger partial charge in [0.25, 0.3) is 0 Å². The van der Waals surface area contributed by atoms with Gasteiger partial charge in [-0.3, -0.25) is 9.89 Å². The zero-order valence-corrected chi connectivity index (χ0v) is 12.0. The van der Waals surface area contributed by atoms with Gasteiger partial charge in [-0.2, -0.15) is 5.10 Å². The van der Waals surface area contributed by atoms with Crippen molar-refractivity contribution in [2.24, 2.45) is 0 Å². The van der Waals surface area contributed by atoms with Crippen molar-refractivity contribution in [1.82, 2.24) is 10.2 Å². The zero-order chi connectivity index (χ0) is 16.2. The average Bonchev–Trinajstić information content (AvgIpc) is 3.06. The van der Waals surface area contributed by atoms with Crippen LogP contribution >= 0.6 is 0 Å². The molecule has 0 aliphatic heterocycles. The van der Waals surface area contributed by atoms with Crippen molar-refractivity contribution in [3.8, 4) is 11.3 Å². The van der Waals surface area contributed by atoms with E-state index in [1.54, 1.807) is 30.5 Å². The number of halogens is 2. The van der Waals surface area contributed by atoms with E-state index in [0.29, 0.717) is 5.69 Å². The van der Waals surface area contributed by atoms with Gasteiger partial charge in [-0.15, -0.1) is 0 Å². The second-order valence-electron chi connectivity index (χ2n) is 4.98. The number of aromatic nitrogens is 2. The Balaban J connectivity index is 1.75. The molecule has 2 N–H and O–H groups in total. The second kappa shape index (κ2) is 6.39. The first kappa shape index (κ1) is 14.9. The molecular weight excluding hydrogens is 300 g/mol. The number of hydrogen-bond donors (Lipinski definition) is 2. The normalized spacial score (nSPS) is 10.5. The number of aromatic amines is 1. The van der Waals surface area contributed by atoms with E-state index in [0.717, 1.165) is 23.4 Å². The number of H-pyrrole nitrogens is 1. The van der Waals surface area contributed by atoms with Gasteiger partial charge in [0.1, 0.15) is 11.6 Å². The first-order chi connectivity index (χ1) is 11.1. The molecule has 0 radical (unpaired) electrons. The lowest BCUT2D eigenvalue weighted by atomic mass is 10.1. The Kier molecular flexibility index (Phi) is 4.14. The highest BCUT2D eigenvalue weighted by Gasteiger charge is 2.13. The standard InChI is InChI=1S/C17H13F2N3O/c18-14-5-2-6-15(19)13(14)10-17(23)21-12-4-1-3-11(9-12)16-7-8-20-22-16/h1-9H,10H2,(H,20,22)(H,21,23). The summed E-state index contributed by atoms with van der Waals surface area (Å²) in [6.07, 6.45) is 1.26. The first-order valence-electron chi connectivity index (χ1n) is 6.96. The topological polar surface area (TPSA) is 57.8 Å². The molecule has 0 aliphatic rings. The van der Waals surface area contributed by atoms with E-state index in [1.165, 1.54) is 6.07 Å². The summed E-state index contributed by atoms with van der Waals surface area (Å²) in [6, 6.07) is 12.4. The summed E-state index contributed by atoms with van der Waals surface area (Å²) in [5.41, 5.74) is 1.95. The van der Waals surface area contributed by atoms with Crippen LogP contribution in [0.4, 0.5) is 14.5 Å². The monoisotopic (exact) mass is 313 g/mol. The summed E-state index contributed by atoms with van der Waals surface area (Å²) in [5.74, 6) is -1.95. The van der Waals surface area contributed by atoms with E-state index in [9.17, 15) is 13.6 Å². The Hall–Kier alpha value is -3.02. The van der Waals surface area contributed by atoms with Crippen LogP contribution in [0.2, 0.25) is 0 Å². The van der Waals surface area contributed by atoms with Crippen LogP contribution in [-0.4, -0.2) is 16.1 Å². The van der Waals surface area contributed by atoms with E-state index in [-0.39, 0.29) is 12.0 Å². The predicted octanol–water partition coefficient (Wildman–Crippen LogP) is 3.54. The number of carbonyl (C=O) groups excluding carboxylic acids is 1. The maximum atomic E-state index is 13.6. The maximum absolute atomic E-state index is 13.6. The summed E-state index contributed by atoms with van der Waals surface area (Å²) in [4.78, 5) is 12.0. The average molecular weight is 313 g/mol. The molecule has 0 spiro atoms. The van der Waals surface area contributed by atoms with Crippen molar-refractivity contribution in [2.75, 3.05) is 5.32 Å². The van der Waals surface area contributed by atoms with E-state index in [2.05, 4.69) is 15.5 Å². The zero-order valence-electron chi connectivity index (χ0n) is 12.0. The van der Waals surface area contributed by atoms with Crippen molar-refractivity contribution >= 4 is 11.6 Å². The summed E-state index contributed by atoms with van der Waals surface area (Å²) >= 11 is 0. The molecule has 0 atom stereocenters. The number of nitrogens with zero attached hydrogens (tertiary/aromatic N) is 1. The highest BCUT2D eigenvalue weighted by molar-refractivity contribution is 5.92. The van der Waals surface area contributed by atoms with Gasteiger partial charge in [-0.1, -0.05) is 18.2 Å². The number of benzene rings is 2. The highest BCUT2D eigenvalue weighted by Crippen LogP contribution is 2.21. The number of nitrogens with one attached hydrogen (secondary N) is 2. The van der Waals surface area contributed by atoms with Crippen LogP contribution in [0.15, 0.2) is 54.7 Å². The third-order valence-electron chi connectivity index (χ3n) is 3.36. The maximum Gasteiger partial charge on any atom is 0.229 e. The van der Waals surface area contributed by atoms with Gasteiger partial charge in [0.05, 0.1) is 12.1 Å². The molecule has 4 nitrogen and oxygen atoms in total. The molecule has 0 saturated heterocycles. The van der Waals surface area contributed by atoms with Gasteiger partial charge < -0.3 is 5.32 Å². The predicted molar refractivity (Wildman–Crippen MR) is 82.7 cm³/mol. The molecule has 23 heavy (non-hydrogen) atoms. The van der Waals surface area contributed by atoms with Gasteiger partial charge in [0, 0.05) is 23.0 Å². The number of rotatable bonds is 4. The molecular formula is C17H13F2N3O. The molecule has 1 heterocycles. The summed E-state index contributed by atoms with van der Waals surface area (Å²) in [5, 5.41) is 9.34. The van der Waals surface area contributed by atoms with Crippen LogP contribution in [0.5, 0.6) is 0 Å².